The first kappa shape index (κ1) is 11.7. The van der Waals surface area contributed by atoms with E-state index in [0.717, 1.165) is 6.92 Å². The van der Waals surface area contributed by atoms with Crippen LogP contribution in [0, 0.1) is 0 Å². The van der Waals surface area contributed by atoms with Crippen molar-refractivity contribution in [2.24, 2.45) is 0 Å². The van der Waals surface area contributed by atoms with Gasteiger partial charge in [-0.3, -0.25) is 14.6 Å². The summed E-state index contributed by atoms with van der Waals surface area (Å²) >= 11 is 0. The minimum Gasteiger partial charge on any atom is -0.481 e. The molecule has 6 nitrogen and oxygen atoms in total. The fourth-order valence-electron chi connectivity index (χ4n) is 1.11. The summed E-state index contributed by atoms with van der Waals surface area (Å²) in [6.07, 6.45) is 0. The fourth-order valence-corrected chi connectivity index (χ4v) is 1.11. The minimum atomic E-state index is -0.833. The molecule has 16 heavy (non-hydrogen) atoms. The summed E-state index contributed by atoms with van der Waals surface area (Å²) in [5.74, 6) is -0.833. The van der Waals surface area contributed by atoms with Crippen molar-refractivity contribution in [3.8, 4) is 0 Å². The zero-order chi connectivity index (χ0) is 12.1. The van der Waals surface area contributed by atoms with E-state index in [4.69, 9.17) is 9.90 Å². The number of hydrogen-bond donors (Lipinski definition) is 3. The number of nitrogens with one attached hydrogen (secondary N) is 2. The molecule has 0 spiro atoms. The maximum Gasteiger partial charge on any atom is 0.326 e. The highest BCUT2D eigenvalue weighted by Gasteiger charge is 1.96. The van der Waals surface area contributed by atoms with E-state index in [1.165, 1.54) is 0 Å². The summed E-state index contributed by atoms with van der Waals surface area (Å²) in [5, 5.41) is 7.91. The number of carboxylic acids is 1. The van der Waals surface area contributed by atoms with Crippen LogP contribution in [0.3, 0.4) is 0 Å². The molecule has 3 N–H and O–H groups in total. The Morgan fingerprint density at radius 1 is 1.19 bits per heavy atom. The third-order valence-electron chi connectivity index (χ3n) is 1.65. The number of aliphatic carboxylic acids is 1. The molecule has 1 heterocycles. The average molecular weight is 222 g/mol. The van der Waals surface area contributed by atoms with Crippen molar-refractivity contribution >= 4 is 16.9 Å². The summed E-state index contributed by atoms with van der Waals surface area (Å²) in [6, 6.07) is 6.85. The molecule has 0 bridgehead atoms. The number of H-pyrrole nitrogens is 2. The number of fused-ring (bicyclic) bond motifs is 1. The van der Waals surface area contributed by atoms with Crippen LogP contribution in [-0.2, 0) is 4.79 Å². The molecule has 0 saturated carbocycles. The molecule has 0 atom stereocenters. The number of benzene rings is 1. The Morgan fingerprint density at radius 3 is 2.38 bits per heavy atom. The largest absolute Gasteiger partial charge is 0.481 e. The van der Waals surface area contributed by atoms with Crippen molar-refractivity contribution < 1.29 is 9.90 Å². The van der Waals surface area contributed by atoms with Crippen LogP contribution in [-0.4, -0.2) is 21.0 Å². The first-order valence-corrected chi connectivity index (χ1v) is 4.41. The Hall–Kier alpha value is -2.37. The molecule has 1 aromatic carbocycles. The van der Waals surface area contributed by atoms with Crippen molar-refractivity contribution in [2.75, 3.05) is 0 Å². The molecule has 6 heteroatoms. The Morgan fingerprint density at radius 2 is 1.75 bits per heavy atom. The van der Waals surface area contributed by atoms with Crippen LogP contribution in [0.1, 0.15) is 6.92 Å². The van der Waals surface area contributed by atoms with Crippen LogP contribution in [0.2, 0.25) is 0 Å². The van der Waals surface area contributed by atoms with Crippen LogP contribution in [0.15, 0.2) is 33.9 Å². The number of para-hydroxylation sites is 1. The van der Waals surface area contributed by atoms with Crippen LogP contribution >= 0.6 is 0 Å². The van der Waals surface area contributed by atoms with Gasteiger partial charge in [0.2, 0.25) is 0 Å². The van der Waals surface area contributed by atoms with Gasteiger partial charge in [-0.1, -0.05) is 12.1 Å². The van der Waals surface area contributed by atoms with Gasteiger partial charge in [0.15, 0.2) is 0 Å². The molecule has 1 aromatic heterocycles. The topological polar surface area (TPSA) is 103 Å². The van der Waals surface area contributed by atoms with Gasteiger partial charge in [-0.05, 0) is 12.1 Å². The van der Waals surface area contributed by atoms with Crippen LogP contribution in [0.4, 0.5) is 0 Å². The SMILES string of the molecule is CC(=O)O.O=c1[nH]c(=O)c2ccccc2[nH]1. The minimum absolute atomic E-state index is 0.352. The second-order valence-electron chi connectivity index (χ2n) is 2.97. The lowest BCUT2D eigenvalue weighted by atomic mass is 10.2. The summed E-state index contributed by atoms with van der Waals surface area (Å²) in [4.78, 5) is 35.6. The molecule has 2 aromatic rings. The quantitative estimate of drug-likeness (QED) is 0.596. The summed E-state index contributed by atoms with van der Waals surface area (Å²) in [6.45, 7) is 1.08. The molecule has 0 amide bonds. The lowest BCUT2D eigenvalue weighted by Gasteiger charge is -1.92. The zero-order valence-corrected chi connectivity index (χ0v) is 8.48. The monoisotopic (exact) mass is 222 g/mol. The van der Waals surface area contributed by atoms with Gasteiger partial charge in [0.05, 0.1) is 10.9 Å². The molecule has 0 aliphatic rings. The summed E-state index contributed by atoms with van der Waals surface area (Å²) in [7, 11) is 0. The Kier molecular flexibility index (Phi) is 3.60. The third kappa shape index (κ3) is 3.09. The second-order valence-corrected chi connectivity index (χ2v) is 2.97. The lowest BCUT2D eigenvalue weighted by molar-refractivity contribution is -0.134. The van der Waals surface area contributed by atoms with Crippen LogP contribution in [0.5, 0.6) is 0 Å². The fraction of sp³-hybridized carbons (Fsp3) is 0.100. The number of aromatic nitrogens is 2. The smallest absolute Gasteiger partial charge is 0.326 e. The van der Waals surface area contributed by atoms with Crippen LogP contribution in [0.25, 0.3) is 10.9 Å². The van der Waals surface area contributed by atoms with Gasteiger partial charge < -0.3 is 10.1 Å². The van der Waals surface area contributed by atoms with Crippen LogP contribution < -0.4 is 11.2 Å². The van der Waals surface area contributed by atoms with E-state index in [-0.39, 0.29) is 5.56 Å². The normalized spacial score (nSPS) is 9.31. The molecular formula is C10H10N2O4. The first-order chi connectivity index (χ1) is 7.50. The molecule has 2 rings (SSSR count). The van der Waals surface area contributed by atoms with Gasteiger partial charge >= 0.3 is 5.69 Å². The predicted molar refractivity (Wildman–Crippen MR) is 58.5 cm³/mol. The van der Waals surface area contributed by atoms with Gasteiger partial charge in [0.25, 0.3) is 11.5 Å². The standard InChI is InChI=1S/C8H6N2O2.C2H4O2/c11-7-5-3-1-2-4-6(5)9-8(12)10-7;1-2(3)4/h1-4H,(H2,9,10,11,12);1H3,(H,3,4). The van der Waals surface area contributed by atoms with E-state index in [1.807, 2.05) is 0 Å². The highest BCUT2D eigenvalue weighted by atomic mass is 16.4. The Labute approximate surface area is 89.6 Å². The highest BCUT2D eigenvalue weighted by Crippen LogP contribution is 2.01. The van der Waals surface area contributed by atoms with Crippen molar-refractivity contribution in [3.63, 3.8) is 0 Å². The molecule has 0 unspecified atom stereocenters. The Bertz CT molecular complexity index is 608. The average Bonchev–Trinajstić information content (AvgIpc) is 2.16. The highest BCUT2D eigenvalue weighted by molar-refractivity contribution is 5.76. The Balaban J connectivity index is 0.000000280. The lowest BCUT2D eigenvalue weighted by Crippen LogP contribution is -2.21. The zero-order valence-electron chi connectivity index (χ0n) is 8.48. The van der Waals surface area contributed by atoms with E-state index >= 15 is 0 Å². The van der Waals surface area contributed by atoms with Gasteiger partial charge in [-0.2, -0.15) is 0 Å². The third-order valence-corrected chi connectivity index (χ3v) is 1.65. The van der Waals surface area contributed by atoms with E-state index in [1.54, 1.807) is 24.3 Å². The molecule has 0 radical (unpaired) electrons. The van der Waals surface area contributed by atoms with Gasteiger partial charge in [-0.25, -0.2) is 4.79 Å². The number of carbonyl (C=O) groups is 1. The second kappa shape index (κ2) is 4.92. The predicted octanol–water partition coefficient (Wildman–Crippen LogP) is 0.307. The van der Waals surface area contributed by atoms with E-state index < -0.39 is 11.7 Å². The molecule has 0 aliphatic heterocycles. The van der Waals surface area contributed by atoms with Gasteiger partial charge in [0.1, 0.15) is 0 Å². The van der Waals surface area contributed by atoms with Crippen molar-refractivity contribution in [2.45, 2.75) is 6.92 Å². The molecule has 0 aliphatic carbocycles. The number of aromatic amines is 2. The van der Waals surface area contributed by atoms with E-state index in [2.05, 4.69) is 9.97 Å². The molecule has 0 saturated heterocycles. The molecule has 0 fully saturated rings. The maximum absolute atomic E-state index is 11.1. The van der Waals surface area contributed by atoms with E-state index in [9.17, 15) is 9.59 Å². The van der Waals surface area contributed by atoms with Crippen molar-refractivity contribution in [1.82, 2.24) is 9.97 Å². The molecular weight excluding hydrogens is 212 g/mol. The number of hydrogen-bond acceptors (Lipinski definition) is 3. The van der Waals surface area contributed by atoms with Gasteiger partial charge in [0, 0.05) is 6.92 Å². The van der Waals surface area contributed by atoms with Gasteiger partial charge in [-0.15, -0.1) is 0 Å². The first-order valence-electron chi connectivity index (χ1n) is 4.41. The number of rotatable bonds is 0. The number of carboxylic acid groups (broad SMARTS) is 1. The van der Waals surface area contributed by atoms with Crippen molar-refractivity contribution in [3.05, 3.63) is 45.1 Å². The molecule has 84 valence electrons. The maximum atomic E-state index is 11.1. The summed E-state index contributed by atoms with van der Waals surface area (Å²) in [5.41, 5.74) is -0.265. The van der Waals surface area contributed by atoms with Crippen molar-refractivity contribution in [1.29, 1.82) is 0 Å². The summed E-state index contributed by atoms with van der Waals surface area (Å²) < 4.78 is 0. The van der Waals surface area contributed by atoms with E-state index in [0.29, 0.717) is 10.9 Å².